The molecule has 0 radical (unpaired) electrons. The summed E-state index contributed by atoms with van der Waals surface area (Å²) >= 11 is 0. The molecule has 4 rings (SSSR count). The predicted octanol–water partition coefficient (Wildman–Crippen LogP) is 2.36. The van der Waals surface area contributed by atoms with E-state index >= 15 is 0 Å². The number of nitriles is 2. The molecular formula is C19H18N6O. The molecule has 1 N–H and O–H groups in total. The number of aromatic nitrogens is 2. The molecule has 2 heterocycles. The summed E-state index contributed by atoms with van der Waals surface area (Å²) in [5, 5.41) is 21.0. The zero-order chi connectivity index (χ0) is 18.1. The quantitative estimate of drug-likeness (QED) is 0.857. The summed E-state index contributed by atoms with van der Waals surface area (Å²) in [5.74, 6) is 0.683. The fourth-order valence-corrected chi connectivity index (χ4v) is 3.37. The third-order valence-electron chi connectivity index (χ3n) is 5.01. The molecule has 0 unspecified atom stereocenters. The molecule has 0 bridgehead atoms. The van der Waals surface area contributed by atoms with Gasteiger partial charge in [-0.25, -0.2) is 4.98 Å². The van der Waals surface area contributed by atoms with Gasteiger partial charge in [0.1, 0.15) is 6.33 Å². The van der Waals surface area contributed by atoms with E-state index < -0.39 is 0 Å². The highest BCUT2D eigenvalue weighted by molar-refractivity contribution is 5.92. The molecule has 2 fully saturated rings. The lowest BCUT2D eigenvalue weighted by Crippen LogP contribution is -2.25. The van der Waals surface area contributed by atoms with Crippen molar-refractivity contribution in [3.05, 3.63) is 41.9 Å². The van der Waals surface area contributed by atoms with Gasteiger partial charge in [-0.15, -0.1) is 0 Å². The van der Waals surface area contributed by atoms with Crippen LogP contribution >= 0.6 is 0 Å². The van der Waals surface area contributed by atoms with E-state index in [9.17, 15) is 10.1 Å². The van der Waals surface area contributed by atoms with Crippen molar-refractivity contribution in [2.75, 3.05) is 18.4 Å². The van der Waals surface area contributed by atoms with Crippen molar-refractivity contribution in [1.29, 1.82) is 10.5 Å². The highest BCUT2D eigenvalue weighted by Crippen LogP contribution is 2.42. The van der Waals surface area contributed by atoms with Gasteiger partial charge in [0, 0.05) is 18.8 Å². The zero-order valence-electron chi connectivity index (χ0n) is 14.2. The van der Waals surface area contributed by atoms with E-state index in [0.29, 0.717) is 31.2 Å². The van der Waals surface area contributed by atoms with Crippen LogP contribution in [0.4, 0.5) is 5.82 Å². The van der Waals surface area contributed by atoms with Gasteiger partial charge in [-0.05, 0) is 48.9 Å². The molecule has 1 atom stereocenters. The first kappa shape index (κ1) is 16.2. The largest absolute Gasteiger partial charge is 0.310 e. The molecule has 1 aromatic carbocycles. The van der Waals surface area contributed by atoms with Crippen molar-refractivity contribution in [3.8, 4) is 17.9 Å². The molecule has 2 aliphatic rings. The number of benzene rings is 1. The topological polar surface area (TPSA) is 97.7 Å². The second-order valence-corrected chi connectivity index (χ2v) is 6.84. The Labute approximate surface area is 151 Å². The molecule has 1 aliphatic carbocycles. The molecule has 130 valence electrons. The summed E-state index contributed by atoms with van der Waals surface area (Å²) < 4.78 is 1.85. The van der Waals surface area contributed by atoms with Crippen molar-refractivity contribution in [2.45, 2.75) is 25.2 Å². The van der Waals surface area contributed by atoms with Gasteiger partial charge in [0.2, 0.25) is 5.91 Å². The number of rotatable bonds is 4. The van der Waals surface area contributed by atoms with E-state index in [4.69, 9.17) is 5.26 Å². The average molecular weight is 346 g/mol. The van der Waals surface area contributed by atoms with Crippen LogP contribution < -0.4 is 5.32 Å². The standard InChI is InChI=1S/C19H18N6O/c20-8-14-3-4-16(7-17(14)13-1-2-13)25-10-18(22-12-25)23-19(26)15-5-6-24(9-15)11-21/h3-4,7,10,12-13,15H,1-2,5-6,9H2,(H,23,26)/t15-/m0/s1. The van der Waals surface area contributed by atoms with Gasteiger partial charge < -0.3 is 14.8 Å². The predicted molar refractivity (Wildman–Crippen MR) is 94.2 cm³/mol. The van der Waals surface area contributed by atoms with Crippen molar-refractivity contribution >= 4 is 11.7 Å². The van der Waals surface area contributed by atoms with Gasteiger partial charge in [0.05, 0.1) is 23.7 Å². The highest BCUT2D eigenvalue weighted by Gasteiger charge is 2.28. The lowest BCUT2D eigenvalue weighted by molar-refractivity contribution is -0.119. The third kappa shape index (κ3) is 3.12. The minimum atomic E-state index is -0.184. The second-order valence-electron chi connectivity index (χ2n) is 6.84. The monoisotopic (exact) mass is 346 g/mol. The number of amides is 1. The Kier molecular flexibility index (Phi) is 4.06. The van der Waals surface area contributed by atoms with E-state index in [1.165, 1.54) is 0 Å². The van der Waals surface area contributed by atoms with Crippen LogP contribution in [0.15, 0.2) is 30.7 Å². The van der Waals surface area contributed by atoms with Crippen LogP contribution in [0.5, 0.6) is 0 Å². The van der Waals surface area contributed by atoms with Crippen LogP contribution in [0, 0.1) is 28.7 Å². The van der Waals surface area contributed by atoms with Crippen LogP contribution in [0.1, 0.15) is 36.3 Å². The zero-order valence-corrected chi connectivity index (χ0v) is 14.2. The first-order chi connectivity index (χ1) is 12.7. The van der Waals surface area contributed by atoms with Crippen molar-refractivity contribution < 1.29 is 4.79 Å². The number of hydrogen-bond donors (Lipinski definition) is 1. The van der Waals surface area contributed by atoms with Crippen LogP contribution in [0.25, 0.3) is 5.69 Å². The Morgan fingerprint density at radius 2 is 2.12 bits per heavy atom. The maximum atomic E-state index is 12.3. The van der Waals surface area contributed by atoms with E-state index in [0.717, 1.165) is 29.7 Å². The maximum Gasteiger partial charge on any atom is 0.230 e. The fraction of sp³-hybridized carbons (Fsp3) is 0.368. The third-order valence-corrected chi connectivity index (χ3v) is 5.01. The number of nitrogens with zero attached hydrogens (tertiary/aromatic N) is 5. The van der Waals surface area contributed by atoms with Gasteiger partial charge in [0.15, 0.2) is 12.0 Å². The molecule has 0 spiro atoms. The Balaban J connectivity index is 1.48. The van der Waals surface area contributed by atoms with Gasteiger partial charge in [0.25, 0.3) is 0 Å². The minimum absolute atomic E-state index is 0.105. The molecule has 1 saturated carbocycles. The van der Waals surface area contributed by atoms with Crippen molar-refractivity contribution in [3.63, 3.8) is 0 Å². The molecule has 26 heavy (non-hydrogen) atoms. The first-order valence-electron chi connectivity index (χ1n) is 8.72. The molecule has 7 nitrogen and oxygen atoms in total. The van der Waals surface area contributed by atoms with Gasteiger partial charge in [-0.2, -0.15) is 10.5 Å². The number of anilines is 1. The van der Waals surface area contributed by atoms with Crippen LogP contribution in [0.2, 0.25) is 0 Å². The lowest BCUT2D eigenvalue weighted by Gasteiger charge is -2.09. The average Bonchev–Trinajstić information content (AvgIpc) is 3.21. The van der Waals surface area contributed by atoms with E-state index in [1.807, 2.05) is 22.8 Å². The number of imidazole rings is 1. The summed E-state index contributed by atoms with van der Waals surface area (Å²) in [6.07, 6.45) is 8.45. The van der Waals surface area contributed by atoms with Crippen molar-refractivity contribution in [1.82, 2.24) is 14.5 Å². The smallest absolute Gasteiger partial charge is 0.230 e. The van der Waals surface area contributed by atoms with Gasteiger partial charge >= 0.3 is 0 Å². The Morgan fingerprint density at radius 1 is 1.27 bits per heavy atom. The summed E-state index contributed by atoms with van der Waals surface area (Å²) in [4.78, 5) is 18.2. The molecule has 1 aromatic heterocycles. The molecule has 1 saturated heterocycles. The van der Waals surface area contributed by atoms with E-state index in [-0.39, 0.29) is 11.8 Å². The Bertz CT molecular complexity index is 930. The van der Waals surface area contributed by atoms with Gasteiger partial charge in [-0.1, -0.05) is 0 Å². The number of carbonyl (C=O) groups is 1. The van der Waals surface area contributed by atoms with Crippen LogP contribution in [-0.4, -0.2) is 33.4 Å². The second kappa shape index (κ2) is 6.53. The molecule has 1 aliphatic heterocycles. The maximum absolute atomic E-state index is 12.3. The SMILES string of the molecule is N#Cc1ccc(-n2cnc(NC(=O)[C@H]3CCN(C#N)C3)c2)cc1C1CC1. The molecule has 1 amide bonds. The fourth-order valence-electron chi connectivity index (χ4n) is 3.37. The number of nitrogens with one attached hydrogen (secondary N) is 1. The minimum Gasteiger partial charge on any atom is -0.310 e. The summed E-state index contributed by atoms with van der Waals surface area (Å²) in [6.45, 7) is 1.08. The van der Waals surface area contributed by atoms with Gasteiger partial charge in [-0.3, -0.25) is 4.79 Å². The Morgan fingerprint density at radius 3 is 2.81 bits per heavy atom. The summed E-state index contributed by atoms with van der Waals surface area (Å²) in [6, 6.07) is 8.02. The number of carbonyl (C=O) groups excluding carboxylic acids is 1. The van der Waals surface area contributed by atoms with Crippen LogP contribution in [-0.2, 0) is 4.79 Å². The molecular weight excluding hydrogens is 328 g/mol. The highest BCUT2D eigenvalue weighted by atomic mass is 16.2. The molecule has 2 aromatic rings. The van der Waals surface area contributed by atoms with Crippen LogP contribution in [0.3, 0.4) is 0 Å². The summed E-state index contributed by atoms with van der Waals surface area (Å²) in [7, 11) is 0. The van der Waals surface area contributed by atoms with E-state index in [2.05, 4.69) is 22.6 Å². The first-order valence-corrected chi connectivity index (χ1v) is 8.72. The molecule has 7 heteroatoms. The van der Waals surface area contributed by atoms with E-state index in [1.54, 1.807) is 17.4 Å². The number of likely N-dealkylation sites (tertiary alicyclic amines) is 1. The normalized spacial score (nSPS) is 19.0. The summed E-state index contributed by atoms with van der Waals surface area (Å²) in [5.41, 5.74) is 2.75. The lowest BCUT2D eigenvalue weighted by atomic mass is 10.0. The Hall–Kier alpha value is -3.32. The number of hydrogen-bond acceptors (Lipinski definition) is 5. The van der Waals surface area contributed by atoms with Crippen molar-refractivity contribution in [2.24, 2.45) is 5.92 Å².